The van der Waals surface area contributed by atoms with Gasteiger partial charge in [-0.2, -0.15) is 0 Å². The van der Waals surface area contributed by atoms with E-state index in [0.29, 0.717) is 5.92 Å². The summed E-state index contributed by atoms with van der Waals surface area (Å²) < 4.78 is 11.1. The molecule has 2 aliphatic rings. The van der Waals surface area contributed by atoms with Gasteiger partial charge in [0.25, 0.3) is 0 Å². The summed E-state index contributed by atoms with van der Waals surface area (Å²) in [5, 5.41) is 3.46. The lowest BCUT2D eigenvalue weighted by Gasteiger charge is -2.36. The minimum atomic E-state index is 0. The van der Waals surface area contributed by atoms with Crippen molar-refractivity contribution in [2.45, 2.75) is 39.0 Å². The van der Waals surface area contributed by atoms with Crippen molar-refractivity contribution in [3.63, 3.8) is 0 Å². The summed E-state index contributed by atoms with van der Waals surface area (Å²) >= 11 is 0. The number of likely N-dealkylation sites (tertiary alicyclic amines) is 1. The van der Waals surface area contributed by atoms with Crippen LogP contribution in [0, 0.1) is 5.92 Å². The van der Waals surface area contributed by atoms with Gasteiger partial charge in [-0.15, -0.1) is 24.0 Å². The van der Waals surface area contributed by atoms with E-state index in [-0.39, 0.29) is 36.2 Å². The van der Waals surface area contributed by atoms with Crippen LogP contribution in [0.4, 0.5) is 5.82 Å². The fourth-order valence-electron chi connectivity index (χ4n) is 3.98. The number of halogens is 1. The number of aromatic nitrogens is 1. The van der Waals surface area contributed by atoms with Gasteiger partial charge in [-0.05, 0) is 31.9 Å². The van der Waals surface area contributed by atoms with E-state index >= 15 is 0 Å². The molecule has 28 heavy (non-hydrogen) atoms. The molecule has 2 saturated heterocycles. The van der Waals surface area contributed by atoms with E-state index in [1.54, 1.807) is 7.11 Å². The molecule has 1 aromatic rings. The number of hydrogen-bond donors (Lipinski definition) is 1. The number of aliphatic imine (C=N–C) groups is 1. The van der Waals surface area contributed by atoms with Gasteiger partial charge in [-0.3, -0.25) is 4.99 Å². The largest absolute Gasteiger partial charge is 0.384 e. The molecule has 3 rings (SSSR count). The molecule has 158 valence electrons. The summed E-state index contributed by atoms with van der Waals surface area (Å²) in [7, 11) is 3.61. The van der Waals surface area contributed by atoms with Crippen LogP contribution in [0.3, 0.4) is 0 Å². The summed E-state index contributed by atoms with van der Waals surface area (Å²) in [6, 6.07) is 4.25. The maximum Gasteiger partial charge on any atom is 0.193 e. The van der Waals surface area contributed by atoms with Crippen LogP contribution in [0.2, 0.25) is 0 Å². The van der Waals surface area contributed by atoms with Crippen LogP contribution in [-0.2, 0) is 16.0 Å². The normalized spacial score (nSPS) is 25.6. The fourth-order valence-corrected chi connectivity index (χ4v) is 3.98. The van der Waals surface area contributed by atoms with Crippen LogP contribution in [0.15, 0.2) is 23.3 Å². The summed E-state index contributed by atoms with van der Waals surface area (Å²) in [6.07, 6.45) is 3.59. The zero-order valence-corrected chi connectivity index (χ0v) is 19.8. The van der Waals surface area contributed by atoms with Gasteiger partial charge >= 0.3 is 0 Å². The minimum Gasteiger partial charge on any atom is -0.384 e. The molecule has 3 heterocycles. The summed E-state index contributed by atoms with van der Waals surface area (Å²) in [6.45, 7) is 9.57. The number of guanidine groups is 1. The van der Waals surface area contributed by atoms with Gasteiger partial charge in [0.1, 0.15) is 5.82 Å². The number of hydrogen-bond acceptors (Lipinski definition) is 5. The van der Waals surface area contributed by atoms with Crippen LogP contribution in [0.25, 0.3) is 0 Å². The molecular weight excluding hydrogens is 469 g/mol. The SMILES string of the molecule is CN=C(NCc1ccc(N2CC(C)OC(C)C2)nc1)N1CCC(COC)C1.I. The van der Waals surface area contributed by atoms with Crippen LogP contribution in [0.1, 0.15) is 25.8 Å². The molecular formula is C20H34IN5O2. The molecule has 0 aliphatic carbocycles. The van der Waals surface area contributed by atoms with Crippen LogP contribution in [0.5, 0.6) is 0 Å². The zero-order chi connectivity index (χ0) is 19.2. The lowest BCUT2D eigenvalue weighted by molar-refractivity contribution is -0.00545. The number of nitrogens with zero attached hydrogens (tertiary/aromatic N) is 4. The third kappa shape index (κ3) is 6.18. The van der Waals surface area contributed by atoms with E-state index in [4.69, 9.17) is 9.47 Å². The van der Waals surface area contributed by atoms with Gasteiger partial charge in [-0.1, -0.05) is 6.07 Å². The Morgan fingerprint density at radius 3 is 2.64 bits per heavy atom. The molecule has 3 atom stereocenters. The molecule has 8 heteroatoms. The lowest BCUT2D eigenvalue weighted by atomic mass is 10.1. The highest BCUT2D eigenvalue weighted by atomic mass is 127. The molecule has 1 aromatic heterocycles. The molecule has 0 amide bonds. The minimum absolute atomic E-state index is 0. The molecule has 0 spiro atoms. The number of anilines is 1. The number of rotatable bonds is 5. The third-order valence-electron chi connectivity index (χ3n) is 5.20. The monoisotopic (exact) mass is 503 g/mol. The van der Waals surface area contributed by atoms with Crippen LogP contribution < -0.4 is 10.2 Å². The Labute approximate surface area is 185 Å². The number of methoxy groups -OCH3 is 1. The van der Waals surface area contributed by atoms with Crippen molar-refractivity contribution in [3.05, 3.63) is 23.9 Å². The first-order valence-electron chi connectivity index (χ1n) is 9.89. The number of ether oxygens (including phenoxy) is 2. The molecule has 0 bridgehead atoms. The van der Waals surface area contributed by atoms with Crippen LogP contribution in [-0.4, -0.2) is 75.0 Å². The van der Waals surface area contributed by atoms with Crippen LogP contribution >= 0.6 is 24.0 Å². The second-order valence-corrected chi connectivity index (χ2v) is 7.64. The van der Waals surface area contributed by atoms with E-state index in [2.05, 4.69) is 51.1 Å². The molecule has 1 N–H and O–H groups in total. The molecule has 2 fully saturated rings. The average molecular weight is 503 g/mol. The quantitative estimate of drug-likeness (QED) is 0.378. The summed E-state index contributed by atoms with van der Waals surface area (Å²) in [4.78, 5) is 13.7. The van der Waals surface area contributed by atoms with E-state index in [0.717, 1.165) is 63.1 Å². The Morgan fingerprint density at radius 1 is 1.29 bits per heavy atom. The van der Waals surface area contributed by atoms with Gasteiger partial charge in [0.15, 0.2) is 5.96 Å². The molecule has 2 aliphatic heterocycles. The maximum absolute atomic E-state index is 5.81. The van der Waals surface area contributed by atoms with Crippen molar-refractivity contribution >= 4 is 35.8 Å². The third-order valence-corrected chi connectivity index (χ3v) is 5.20. The maximum atomic E-state index is 5.81. The van der Waals surface area contributed by atoms with Gasteiger partial charge in [0, 0.05) is 59.0 Å². The first-order valence-corrected chi connectivity index (χ1v) is 9.89. The Bertz CT molecular complexity index is 618. The van der Waals surface area contributed by atoms with Gasteiger partial charge in [0.05, 0.1) is 18.8 Å². The fraction of sp³-hybridized carbons (Fsp3) is 0.700. The molecule has 3 unspecified atom stereocenters. The predicted octanol–water partition coefficient (Wildman–Crippen LogP) is 2.36. The number of morpholine rings is 1. The summed E-state index contributed by atoms with van der Waals surface area (Å²) in [5.74, 6) is 2.56. The Morgan fingerprint density at radius 2 is 2.04 bits per heavy atom. The van der Waals surface area contributed by atoms with Crippen molar-refractivity contribution < 1.29 is 9.47 Å². The lowest BCUT2D eigenvalue weighted by Crippen LogP contribution is -2.45. The van der Waals surface area contributed by atoms with Crippen molar-refractivity contribution in [3.8, 4) is 0 Å². The smallest absolute Gasteiger partial charge is 0.193 e. The number of nitrogens with one attached hydrogen (secondary N) is 1. The van der Waals surface area contributed by atoms with E-state index in [9.17, 15) is 0 Å². The average Bonchev–Trinajstić information content (AvgIpc) is 3.11. The zero-order valence-electron chi connectivity index (χ0n) is 17.4. The molecule has 0 saturated carbocycles. The topological polar surface area (TPSA) is 62.2 Å². The van der Waals surface area contributed by atoms with E-state index < -0.39 is 0 Å². The highest BCUT2D eigenvalue weighted by Crippen LogP contribution is 2.19. The number of pyridine rings is 1. The first-order chi connectivity index (χ1) is 13.1. The standard InChI is InChI=1S/C20H33N5O2.HI/c1-15-11-25(12-16(2)27-15)19-6-5-17(9-22-19)10-23-20(21-3)24-8-7-18(13-24)14-26-4;/h5-6,9,15-16,18H,7-8,10-14H2,1-4H3,(H,21,23);1H. The van der Waals surface area contributed by atoms with Gasteiger partial charge in [-0.25, -0.2) is 4.98 Å². The molecule has 0 radical (unpaired) electrons. The summed E-state index contributed by atoms with van der Waals surface area (Å²) in [5.41, 5.74) is 1.15. The second kappa shape index (κ2) is 11.2. The van der Waals surface area contributed by atoms with Crippen molar-refractivity contribution in [2.24, 2.45) is 10.9 Å². The Kier molecular flexibility index (Phi) is 9.23. The van der Waals surface area contributed by atoms with Gasteiger partial charge < -0.3 is 24.6 Å². The van der Waals surface area contributed by atoms with Crippen molar-refractivity contribution in [1.29, 1.82) is 0 Å². The van der Waals surface area contributed by atoms with E-state index in [1.165, 1.54) is 0 Å². The molecule has 0 aromatic carbocycles. The first kappa shape index (κ1) is 23.2. The Hall–Kier alpha value is -1.13. The Balaban J connectivity index is 0.00000280. The molecule has 7 nitrogen and oxygen atoms in total. The highest BCUT2D eigenvalue weighted by molar-refractivity contribution is 14.0. The second-order valence-electron chi connectivity index (χ2n) is 7.64. The van der Waals surface area contributed by atoms with Crippen molar-refractivity contribution in [1.82, 2.24) is 15.2 Å². The predicted molar refractivity (Wildman–Crippen MR) is 124 cm³/mol. The highest BCUT2D eigenvalue weighted by Gasteiger charge is 2.25. The van der Waals surface area contributed by atoms with E-state index in [1.807, 2.05) is 13.2 Å². The van der Waals surface area contributed by atoms with Gasteiger partial charge in [0.2, 0.25) is 0 Å². The van der Waals surface area contributed by atoms with Crippen molar-refractivity contribution in [2.75, 3.05) is 51.8 Å².